The molecule has 1 aromatic rings. The molecule has 1 atom stereocenters. The molecule has 0 saturated carbocycles. The highest BCUT2D eigenvalue weighted by Gasteiger charge is 2.13. The molecule has 1 aliphatic rings. The maximum absolute atomic E-state index is 5.67. The van der Waals surface area contributed by atoms with Gasteiger partial charge in [-0.05, 0) is 44.0 Å². The number of nitrogens with zero attached hydrogens (tertiary/aromatic N) is 1. The van der Waals surface area contributed by atoms with E-state index in [1.807, 2.05) is 19.1 Å². The van der Waals surface area contributed by atoms with E-state index in [4.69, 9.17) is 10.5 Å². The van der Waals surface area contributed by atoms with E-state index in [1.54, 1.807) is 0 Å². The molecule has 0 amide bonds. The minimum atomic E-state index is 0.516. The Labute approximate surface area is 96.2 Å². The average molecular weight is 221 g/mol. The molecule has 0 aromatic carbocycles. The van der Waals surface area contributed by atoms with Crippen molar-refractivity contribution < 1.29 is 4.74 Å². The number of aromatic nitrogens is 1. The van der Waals surface area contributed by atoms with Gasteiger partial charge in [-0.2, -0.15) is 0 Å². The third-order valence-corrected chi connectivity index (χ3v) is 2.77. The lowest BCUT2D eigenvalue weighted by Gasteiger charge is -2.10. The Hall–Kier alpha value is -1.13. The number of aryl methyl sites for hydroxylation is 1. The van der Waals surface area contributed by atoms with Gasteiger partial charge in [-0.15, -0.1) is 0 Å². The van der Waals surface area contributed by atoms with Crippen LogP contribution in [0.4, 0.5) is 5.82 Å². The zero-order valence-corrected chi connectivity index (χ0v) is 9.70. The number of pyridine rings is 1. The number of anilines is 1. The summed E-state index contributed by atoms with van der Waals surface area (Å²) >= 11 is 0. The van der Waals surface area contributed by atoms with Crippen molar-refractivity contribution in [3.8, 4) is 0 Å². The summed E-state index contributed by atoms with van der Waals surface area (Å²) in [5, 5.41) is 3.40. The molecule has 0 aliphatic carbocycles. The van der Waals surface area contributed by atoms with Gasteiger partial charge in [-0.25, -0.2) is 4.98 Å². The number of ether oxygens (including phenoxy) is 1. The topological polar surface area (TPSA) is 60.2 Å². The summed E-state index contributed by atoms with van der Waals surface area (Å²) < 4.78 is 5.63. The van der Waals surface area contributed by atoms with Gasteiger partial charge >= 0.3 is 0 Å². The first-order chi connectivity index (χ1) is 7.74. The predicted octanol–water partition coefficient (Wildman–Crippen LogP) is 1.24. The van der Waals surface area contributed by atoms with E-state index in [0.29, 0.717) is 18.5 Å². The second-order valence-electron chi connectivity index (χ2n) is 4.37. The van der Waals surface area contributed by atoms with Crippen molar-refractivity contribution in [3.63, 3.8) is 0 Å². The van der Waals surface area contributed by atoms with Crippen LogP contribution in [-0.4, -0.2) is 24.2 Å². The number of nitrogen functional groups attached to an aromatic ring is 1. The van der Waals surface area contributed by atoms with Crippen molar-refractivity contribution in [2.75, 3.05) is 18.9 Å². The Balaban J connectivity index is 1.80. The molecule has 2 rings (SSSR count). The molecule has 88 valence electrons. The van der Waals surface area contributed by atoms with Crippen molar-refractivity contribution in [2.45, 2.75) is 32.4 Å². The molecular weight excluding hydrogens is 202 g/mol. The lowest BCUT2D eigenvalue weighted by molar-refractivity contribution is 0.101. The van der Waals surface area contributed by atoms with Crippen molar-refractivity contribution in [1.82, 2.24) is 10.3 Å². The number of nitrogens with one attached hydrogen (secondary N) is 1. The predicted molar refractivity (Wildman–Crippen MR) is 64.1 cm³/mol. The van der Waals surface area contributed by atoms with Crippen molar-refractivity contribution >= 4 is 5.82 Å². The van der Waals surface area contributed by atoms with Crippen LogP contribution >= 0.6 is 0 Å². The van der Waals surface area contributed by atoms with Gasteiger partial charge in [-0.1, -0.05) is 0 Å². The van der Waals surface area contributed by atoms with Crippen LogP contribution in [-0.2, 0) is 11.3 Å². The Morgan fingerprint density at radius 3 is 3.12 bits per heavy atom. The Bertz CT molecular complexity index is 328. The molecule has 1 saturated heterocycles. The van der Waals surface area contributed by atoms with E-state index >= 15 is 0 Å². The SMILES string of the molecule is Cc1cc(N)nc(COCC2CCCN2)c1. The molecule has 2 heterocycles. The summed E-state index contributed by atoms with van der Waals surface area (Å²) in [6.45, 7) is 4.43. The third kappa shape index (κ3) is 3.18. The van der Waals surface area contributed by atoms with Crippen LogP contribution in [0.2, 0.25) is 0 Å². The average Bonchev–Trinajstić information content (AvgIpc) is 2.69. The van der Waals surface area contributed by atoms with E-state index in [2.05, 4.69) is 10.3 Å². The summed E-state index contributed by atoms with van der Waals surface area (Å²) in [6, 6.07) is 4.39. The van der Waals surface area contributed by atoms with Crippen LogP contribution in [0.15, 0.2) is 12.1 Å². The van der Waals surface area contributed by atoms with Crippen molar-refractivity contribution in [1.29, 1.82) is 0 Å². The fraction of sp³-hybridized carbons (Fsp3) is 0.583. The molecule has 0 radical (unpaired) electrons. The summed E-state index contributed by atoms with van der Waals surface area (Å²) in [5.74, 6) is 0.567. The van der Waals surface area contributed by atoms with Crippen LogP contribution in [0.3, 0.4) is 0 Å². The van der Waals surface area contributed by atoms with Gasteiger partial charge in [0.05, 0.1) is 18.9 Å². The van der Waals surface area contributed by atoms with Gasteiger partial charge in [0.25, 0.3) is 0 Å². The monoisotopic (exact) mass is 221 g/mol. The minimum Gasteiger partial charge on any atom is -0.384 e. The molecule has 1 fully saturated rings. The quantitative estimate of drug-likeness (QED) is 0.803. The number of rotatable bonds is 4. The van der Waals surface area contributed by atoms with Gasteiger partial charge < -0.3 is 15.8 Å². The van der Waals surface area contributed by atoms with Crippen LogP contribution < -0.4 is 11.1 Å². The normalized spacial score (nSPS) is 20.2. The van der Waals surface area contributed by atoms with Gasteiger partial charge in [0.2, 0.25) is 0 Å². The standard InChI is InChI=1S/C12H19N3O/c1-9-5-11(15-12(13)6-9)8-16-7-10-3-2-4-14-10/h5-6,10,14H,2-4,7-8H2,1H3,(H2,13,15). The number of hydrogen-bond acceptors (Lipinski definition) is 4. The smallest absolute Gasteiger partial charge is 0.123 e. The summed E-state index contributed by atoms with van der Waals surface area (Å²) in [7, 11) is 0. The molecule has 3 N–H and O–H groups in total. The second-order valence-corrected chi connectivity index (χ2v) is 4.37. The summed E-state index contributed by atoms with van der Waals surface area (Å²) in [4.78, 5) is 4.23. The van der Waals surface area contributed by atoms with Gasteiger partial charge in [0.1, 0.15) is 5.82 Å². The Morgan fingerprint density at radius 2 is 2.44 bits per heavy atom. The Kier molecular flexibility index (Phi) is 3.74. The fourth-order valence-corrected chi connectivity index (χ4v) is 2.05. The first kappa shape index (κ1) is 11.4. The van der Waals surface area contributed by atoms with E-state index in [9.17, 15) is 0 Å². The molecule has 0 bridgehead atoms. The van der Waals surface area contributed by atoms with Crippen LogP contribution in [0.1, 0.15) is 24.1 Å². The zero-order chi connectivity index (χ0) is 11.4. The maximum Gasteiger partial charge on any atom is 0.123 e. The first-order valence-electron chi connectivity index (χ1n) is 5.78. The van der Waals surface area contributed by atoms with Crippen molar-refractivity contribution in [2.24, 2.45) is 0 Å². The van der Waals surface area contributed by atoms with E-state index in [0.717, 1.165) is 24.4 Å². The van der Waals surface area contributed by atoms with Crippen molar-refractivity contribution in [3.05, 3.63) is 23.4 Å². The highest BCUT2D eigenvalue weighted by atomic mass is 16.5. The molecule has 1 aromatic heterocycles. The maximum atomic E-state index is 5.67. The van der Waals surface area contributed by atoms with Gasteiger partial charge in [-0.3, -0.25) is 0 Å². The molecule has 4 heteroatoms. The minimum absolute atomic E-state index is 0.516. The van der Waals surface area contributed by atoms with Gasteiger partial charge in [0.15, 0.2) is 0 Å². The zero-order valence-electron chi connectivity index (χ0n) is 9.70. The van der Waals surface area contributed by atoms with E-state index in [-0.39, 0.29) is 0 Å². The molecule has 0 spiro atoms. The lowest BCUT2D eigenvalue weighted by Crippen LogP contribution is -2.26. The lowest BCUT2D eigenvalue weighted by atomic mass is 10.2. The van der Waals surface area contributed by atoms with Crippen LogP contribution in [0.5, 0.6) is 0 Å². The fourth-order valence-electron chi connectivity index (χ4n) is 2.05. The Morgan fingerprint density at radius 1 is 1.56 bits per heavy atom. The molecule has 4 nitrogen and oxygen atoms in total. The third-order valence-electron chi connectivity index (χ3n) is 2.77. The highest BCUT2D eigenvalue weighted by molar-refractivity contribution is 5.33. The first-order valence-corrected chi connectivity index (χ1v) is 5.78. The van der Waals surface area contributed by atoms with Gasteiger partial charge in [0, 0.05) is 6.04 Å². The van der Waals surface area contributed by atoms with Crippen LogP contribution in [0, 0.1) is 6.92 Å². The van der Waals surface area contributed by atoms with Crippen LogP contribution in [0.25, 0.3) is 0 Å². The molecule has 1 unspecified atom stereocenters. The molecule has 16 heavy (non-hydrogen) atoms. The van der Waals surface area contributed by atoms with E-state index < -0.39 is 0 Å². The molecule has 1 aliphatic heterocycles. The molecular formula is C12H19N3O. The van der Waals surface area contributed by atoms with E-state index in [1.165, 1.54) is 12.8 Å². The summed E-state index contributed by atoms with van der Waals surface area (Å²) in [6.07, 6.45) is 2.47. The highest BCUT2D eigenvalue weighted by Crippen LogP contribution is 2.09. The number of nitrogens with two attached hydrogens (primary N) is 1. The largest absolute Gasteiger partial charge is 0.384 e. The number of hydrogen-bond donors (Lipinski definition) is 2. The summed E-state index contributed by atoms with van der Waals surface area (Å²) in [5.41, 5.74) is 7.72. The second kappa shape index (κ2) is 5.27.